The van der Waals surface area contributed by atoms with E-state index in [-0.39, 0.29) is 11.6 Å². The third kappa shape index (κ3) is 2.69. The molecule has 0 unspecified atom stereocenters. The normalized spacial score (nSPS) is 16.3. The Hall–Kier alpha value is -2.52. The summed E-state index contributed by atoms with van der Waals surface area (Å²) < 4.78 is -1.34. The molecular weight excluding hydrogens is 400 g/mol. The van der Waals surface area contributed by atoms with Gasteiger partial charge in [-0.3, -0.25) is 9.59 Å². The Morgan fingerprint density at radius 1 is 0.778 bits per heavy atom. The molecule has 3 aromatic carbocycles. The quantitative estimate of drug-likeness (QED) is 0.406. The van der Waals surface area contributed by atoms with Gasteiger partial charge in [-0.2, -0.15) is 0 Å². The topological polar surface area (TPSA) is 34.1 Å². The number of fused-ring (bicyclic) bond motifs is 1. The second-order valence-electron chi connectivity index (χ2n) is 7.12. The van der Waals surface area contributed by atoms with Gasteiger partial charge in [0, 0.05) is 17.0 Å². The van der Waals surface area contributed by atoms with E-state index in [0.29, 0.717) is 11.1 Å². The van der Waals surface area contributed by atoms with Gasteiger partial charge in [-0.1, -0.05) is 94.3 Å². The fraction of sp³-hybridized carbons (Fsp3) is 0.167. The van der Waals surface area contributed by atoms with E-state index in [1.165, 1.54) is 0 Å². The molecule has 0 amide bonds. The third-order valence-electron chi connectivity index (χ3n) is 5.35. The van der Waals surface area contributed by atoms with Crippen molar-refractivity contribution in [2.75, 3.05) is 0 Å². The second kappa shape index (κ2) is 6.58. The van der Waals surface area contributed by atoms with Crippen LogP contribution >= 0.6 is 15.9 Å². The summed E-state index contributed by atoms with van der Waals surface area (Å²) in [6.07, 6.45) is 0. The molecule has 0 spiro atoms. The van der Waals surface area contributed by atoms with Crippen molar-refractivity contribution in [3.63, 3.8) is 0 Å². The Morgan fingerprint density at radius 2 is 1.33 bits per heavy atom. The third-order valence-corrected chi connectivity index (χ3v) is 6.53. The number of ketones is 2. The van der Waals surface area contributed by atoms with Crippen molar-refractivity contribution in [2.45, 2.75) is 24.1 Å². The Labute approximate surface area is 167 Å². The monoisotopic (exact) mass is 418 g/mol. The molecule has 0 N–H and O–H groups in total. The molecule has 0 heterocycles. The van der Waals surface area contributed by atoms with Gasteiger partial charge in [-0.25, -0.2) is 0 Å². The first-order valence-electron chi connectivity index (χ1n) is 8.94. The van der Waals surface area contributed by atoms with E-state index in [0.717, 1.165) is 22.3 Å². The number of halogens is 1. The lowest BCUT2D eigenvalue weighted by Gasteiger charge is -2.32. The van der Waals surface area contributed by atoms with Gasteiger partial charge in [0.1, 0.15) is 0 Å². The van der Waals surface area contributed by atoms with Crippen LogP contribution in [0.4, 0.5) is 0 Å². The minimum Gasteiger partial charge on any atom is -0.292 e. The van der Waals surface area contributed by atoms with Gasteiger partial charge in [0.25, 0.3) is 0 Å². The van der Waals surface area contributed by atoms with E-state index in [2.05, 4.69) is 28.1 Å². The smallest absolute Gasteiger partial charge is 0.189 e. The molecule has 3 aromatic rings. The van der Waals surface area contributed by atoms with Crippen LogP contribution in [0.3, 0.4) is 0 Å². The molecule has 4 rings (SSSR count). The Kier molecular flexibility index (Phi) is 4.35. The first-order valence-corrected chi connectivity index (χ1v) is 9.73. The largest absolute Gasteiger partial charge is 0.292 e. The maximum absolute atomic E-state index is 13.4. The van der Waals surface area contributed by atoms with E-state index in [9.17, 15) is 9.59 Å². The minimum absolute atomic E-state index is 0.169. The van der Waals surface area contributed by atoms with Crippen LogP contribution in [0.5, 0.6) is 0 Å². The molecule has 0 aliphatic heterocycles. The fourth-order valence-electron chi connectivity index (χ4n) is 3.98. The van der Waals surface area contributed by atoms with Crippen LogP contribution in [-0.4, -0.2) is 15.9 Å². The van der Waals surface area contributed by atoms with Crippen molar-refractivity contribution >= 4 is 27.5 Å². The van der Waals surface area contributed by atoms with Crippen LogP contribution in [0.25, 0.3) is 0 Å². The Balaban J connectivity index is 1.99. The van der Waals surface area contributed by atoms with Gasteiger partial charge in [0.2, 0.25) is 0 Å². The molecule has 134 valence electrons. The molecule has 1 atom stereocenters. The van der Waals surface area contributed by atoms with E-state index < -0.39 is 10.2 Å². The zero-order valence-corrected chi connectivity index (χ0v) is 16.8. The number of benzene rings is 3. The highest BCUT2D eigenvalue weighted by atomic mass is 79.9. The molecule has 27 heavy (non-hydrogen) atoms. The number of carbonyl (C=O) groups excluding carboxylic acids is 2. The van der Waals surface area contributed by atoms with E-state index in [4.69, 9.17) is 0 Å². The lowest BCUT2D eigenvalue weighted by Crippen LogP contribution is -2.42. The molecule has 3 heteroatoms. The molecule has 1 aliphatic rings. The molecule has 0 radical (unpaired) electrons. The summed E-state index contributed by atoms with van der Waals surface area (Å²) in [7, 11) is 0. The van der Waals surface area contributed by atoms with Gasteiger partial charge in [-0.15, -0.1) is 0 Å². The van der Waals surface area contributed by atoms with Crippen LogP contribution in [0, 0.1) is 13.8 Å². The molecule has 0 aromatic heterocycles. The van der Waals surface area contributed by atoms with Crippen molar-refractivity contribution in [1.29, 1.82) is 0 Å². The predicted octanol–water partition coefficient (Wildman–Crippen LogP) is 5.65. The summed E-state index contributed by atoms with van der Waals surface area (Å²) in [6.45, 7) is 4.05. The minimum atomic E-state index is -1.34. The average Bonchev–Trinajstić information content (AvgIpc) is 2.88. The number of hydrogen-bond acceptors (Lipinski definition) is 2. The van der Waals surface area contributed by atoms with Crippen LogP contribution in [-0.2, 0) is 0 Å². The Bertz CT molecular complexity index is 1020. The fourth-order valence-corrected chi connectivity index (χ4v) is 4.91. The van der Waals surface area contributed by atoms with Crippen LogP contribution in [0.15, 0.2) is 72.8 Å². The summed E-state index contributed by atoms with van der Waals surface area (Å²) in [4.78, 5) is 26.9. The molecule has 0 fully saturated rings. The van der Waals surface area contributed by atoms with Crippen molar-refractivity contribution in [1.82, 2.24) is 0 Å². The van der Waals surface area contributed by atoms with Gasteiger partial charge < -0.3 is 0 Å². The summed E-state index contributed by atoms with van der Waals surface area (Å²) in [6, 6.07) is 23.1. The number of alkyl halides is 1. The summed E-state index contributed by atoms with van der Waals surface area (Å²) in [5.41, 5.74) is 5.08. The van der Waals surface area contributed by atoms with Gasteiger partial charge in [-0.05, 0) is 30.5 Å². The standard InChI is InChI=1S/C24H19BrO2/c1-15-12-13-16(2)20(14-15)21(17-8-4-3-5-9-17)24(25)22(26)18-10-6-7-11-19(18)23(24)27/h3-14,21H,1-2H3/t21-/m0/s1. The Morgan fingerprint density at radius 3 is 1.93 bits per heavy atom. The van der Waals surface area contributed by atoms with Crippen LogP contribution < -0.4 is 0 Å². The highest BCUT2D eigenvalue weighted by Gasteiger charge is 2.57. The number of aryl methyl sites for hydroxylation is 2. The van der Waals surface area contributed by atoms with Crippen LogP contribution in [0.1, 0.15) is 48.9 Å². The second-order valence-corrected chi connectivity index (χ2v) is 8.37. The van der Waals surface area contributed by atoms with Crippen molar-refractivity contribution in [2.24, 2.45) is 0 Å². The molecule has 2 nitrogen and oxygen atoms in total. The molecule has 0 bridgehead atoms. The number of Topliss-reactive ketones (excluding diaryl/α,β-unsaturated/α-hetero) is 2. The zero-order valence-electron chi connectivity index (χ0n) is 15.2. The number of carbonyl (C=O) groups is 2. The van der Waals surface area contributed by atoms with E-state index >= 15 is 0 Å². The lowest BCUT2D eigenvalue weighted by molar-refractivity contribution is 0.0861. The average molecular weight is 419 g/mol. The molecule has 0 saturated carbocycles. The SMILES string of the molecule is Cc1ccc(C)c([C@H](c2ccccc2)C2(Br)C(=O)c3ccccc3C2=O)c1. The zero-order chi connectivity index (χ0) is 19.2. The summed E-state index contributed by atoms with van der Waals surface area (Å²) in [5.74, 6) is -0.748. The first-order chi connectivity index (χ1) is 12.9. The molecular formula is C24H19BrO2. The summed E-state index contributed by atoms with van der Waals surface area (Å²) in [5, 5.41) is 0. The highest BCUT2D eigenvalue weighted by molar-refractivity contribution is 9.10. The van der Waals surface area contributed by atoms with Gasteiger partial charge in [0.15, 0.2) is 15.9 Å². The highest BCUT2D eigenvalue weighted by Crippen LogP contribution is 2.49. The van der Waals surface area contributed by atoms with E-state index in [1.54, 1.807) is 24.3 Å². The summed E-state index contributed by atoms with van der Waals surface area (Å²) >= 11 is 3.66. The molecule has 0 saturated heterocycles. The van der Waals surface area contributed by atoms with Crippen molar-refractivity contribution < 1.29 is 9.59 Å². The van der Waals surface area contributed by atoms with Gasteiger partial charge >= 0.3 is 0 Å². The predicted molar refractivity (Wildman–Crippen MR) is 111 cm³/mol. The van der Waals surface area contributed by atoms with E-state index in [1.807, 2.05) is 50.2 Å². The number of rotatable bonds is 3. The van der Waals surface area contributed by atoms with Crippen molar-refractivity contribution in [3.8, 4) is 0 Å². The number of hydrogen-bond donors (Lipinski definition) is 0. The van der Waals surface area contributed by atoms with Crippen molar-refractivity contribution in [3.05, 3.63) is 106 Å². The molecule has 1 aliphatic carbocycles. The maximum Gasteiger partial charge on any atom is 0.189 e. The van der Waals surface area contributed by atoms with Gasteiger partial charge in [0.05, 0.1) is 0 Å². The maximum atomic E-state index is 13.4. The first kappa shape index (κ1) is 17.9. The lowest BCUT2D eigenvalue weighted by atomic mass is 9.76. The van der Waals surface area contributed by atoms with Crippen LogP contribution in [0.2, 0.25) is 0 Å².